The number of carbonyl (C=O) groups is 1. The second-order valence-electron chi connectivity index (χ2n) is 6.66. The first-order valence-electron chi connectivity index (χ1n) is 8.80. The number of aromatic nitrogens is 3. The molecule has 0 fully saturated rings. The topological polar surface area (TPSA) is 93.9 Å². The van der Waals surface area contributed by atoms with Gasteiger partial charge in [-0.05, 0) is 29.8 Å². The van der Waals surface area contributed by atoms with Crippen molar-refractivity contribution in [2.24, 2.45) is 5.73 Å². The monoisotopic (exact) mass is 480 g/mol. The Balaban J connectivity index is 1.94. The van der Waals surface area contributed by atoms with E-state index in [4.69, 9.17) is 5.73 Å². The molecule has 0 bridgehead atoms. The predicted molar refractivity (Wildman–Crippen MR) is 97.2 cm³/mol. The van der Waals surface area contributed by atoms with Crippen molar-refractivity contribution in [1.29, 1.82) is 0 Å². The molecule has 0 saturated heterocycles. The molecule has 33 heavy (non-hydrogen) atoms. The standard InChI is InChI=1S/C19H12F8N4O2/c20-11-4-5-13(33-8-17(21,22)18(23,24)19(25,26)27)12(7-11)9-2-1-3-10(6-9)15-29-16(14(28)32)31-30-15/h1-7H,8H2,(H2,28,32)(H,29,30,31). The van der Waals surface area contributed by atoms with Crippen LogP contribution in [0.2, 0.25) is 0 Å². The third kappa shape index (κ3) is 4.73. The summed E-state index contributed by atoms with van der Waals surface area (Å²) in [6.07, 6.45) is -6.51. The molecule has 3 aromatic rings. The number of ether oxygens (including phenoxy) is 1. The largest absolute Gasteiger partial charge is 0.486 e. The van der Waals surface area contributed by atoms with E-state index in [0.29, 0.717) is 0 Å². The molecule has 14 heteroatoms. The van der Waals surface area contributed by atoms with Crippen molar-refractivity contribution in [3.8, 4) is 28.3 Å². The Hall–Kier alpha value is -3.71. The van der Waals surface area contributed by atoms with Crippen molar-refractivity contribution in [3.63, 3.8) is 0 Å². The zero-order valence-electron chi connectivity index (χ0n) is 16.1. The van der Waals surface area contributed by atoms with Crippen LogP contribution in [0.1, 0.15) is 10.6 Å². The molecule has 0 unspecified atom stereocenters. The molecule has 6 nitrogen and oxygen atoms in total. The Bertz CT molecular complexity index is 1180. The summed E-state index contributed by atoms with van der Waals surface area (Å²) in [4.78, 5) is 15.0. The second-order valence-corrected chi connectivity index (χ2v) is 6.66. The summed E-state index contributed by atoms with van der Waals surface area (Å²) >= 11 is 0. The highest BCUT2D eigenvalue weighted by atomic mass is 19.4. The Kier molecular flexibility index (Phi) is 6.04. The SMILES string of the molecule is NC(=O)c1nc(-c2cccc(-c3cc(F)ccc3OCC(F)(F)C(F)(F)C(F)(F)F)c2)n[nH]1. The molecule has 0 aliphatic rings. The van der Waals surface area contributed by atoms with E-state index < -0.39 is 42.1 Å². The summed E-state index contributed by atoms with van der Waals surface area (Å²) in [6.45, 7) is -2.33. The third-order valence-corrected chi connectivity index (χ3v) is 4.32. The molecule has 0 atom stereocenters. The van der Waals surface area contributed by atoms with Gasteiger partial charge in [0, 0.05) is 11.1 Å². The molecule has 0 saturated carbocycles. The Morgan fingerprint density at radius 1 is 1.00 bits per heavy atom. The van der Waals surface area contributed by atoms with E-state index in [9.17, 15) is 39.9 Å². The van der Waals surface area contributed by atoms with Gasteiger partial charge >= 0.3 is 18.0 Å². The van der Waals surface area contributed by atoms with Gasteiger partial charge in [0.2, 0.25) is 5.82 Å². The summed E-state index contributed by atoms with van der Waals surface area (Å²) in [5, 5.41) is 6.05. The van der Waals surface area contributed by atoms with E-state index in [-0.39, 0.29) is 28.3 Å². The van der Waals surface area contributed by atoms with Gasteiger partial charge in [0.1, 0.15) is 11.6 Å². The van der Waals surface area contributed by atoms with Crippen molar-refractivity contribution >= 4 is 5.91 Å². The Morgan fingerprint density at radius 2 is 1.67 bits per heavy atom. The Labute approximate surface area is 179 Å². The minimum Gasteiger partial charge on any atom is -0.486 e. The van der Waals surface area contributed by atoms with Crippen LogP contribution in [0.4, 0.5) is 35.1 Å². The van der Waals surface area contributed by atoms with Crippen LogP contribution >= 0.6 is 0 Å². The van der Waals surface area contributed by atoms with Crippen LogP contribution in [0.5, 0.6) is 5.75 Å². The molecule has 0 aliphatic heterocycles. The van der Waals surface area contributed by atoms with Crippen LogP contribution in [0, 0.1) is 5.82 Å². The maximum Gasteiger partial charge on any atom is 0.460 e. The number of carbonyl (C=O) groups excluding carboxylic acids is 1. The number of nitrogens with two attached hydrogens (primary N) is 1. The summed E-state index contributed by atoms with van der Waals surface area (Å²) in [5.74, 6) is -14.6. The maximum absolute atomic E-state index is 13.8. The average Bonchev–Trinajstić information content (AvgIpc) is 3.23. The van der Waals surface area contributed by atoms with Crippen LogP contribution in [0.15, 0.2) is 42.5 Å². The van der Waals surface area contributed by atoms with Crippen LogP contribution in [-0.2, 0) is 0 Å². The lowest BCUT2D eigenvalue weighted by Crippen LogP contribution is -2.54. The molecule has 3 rings (SSSR count). The molecule has 3 N–H and O–H groups in total. The molecule has 0 radical (unpaired) electrons. The highest BCUT2D eigenvalue weighted by Gasteiger charge is 2.73. The molecule has 1 aromatic heterocycles. The van der Waals surface area contributed by atoms with Gasteiger partial charge < -0.3 is 10.5 Å². The minimum atomic E-state index is -6.51. The molecular formula is C19H12F8N4O2. The number of alkyl halides is 7. The van der Waals surface area contributed by atoms with Gasteiger partial charge in [0.25, 0.3) is 5.91 Å². The number of H-pyrrole nitrogens is 1. The van der Waals surface area contributed by atoms with Crippen molar-refractivity contribution in [1.82, 2.24) is 15.2 Å². The van der Waals surface area contributed by atoms with Gasteiger partial charge in [-0.3, -0.25) is 9.89 Å². The molecule has 0 aliphatic carbocycles. The van der Waals surface area contributed by atoms with Crippen LogP contribution in [-0.4, -0.2) is 45.7 Å². The lowest BCUT2D eigenvalue weighted by atomic mass is 10.0. The predicted octanol–water partition coefficient (Wildman–Crippen LogP) is 4.59. The summed E-state index contributed by atoms with van der Waals surface area (Å²) in [7, 11) is 0. The fraction of sp³-hybridized carbons (Fsp3) is 0.211. The van der Waals surface area contributed by atoms with E-state index in [1.54, 1.807) is 0 Å². The second kappa shape index (κ2) is 8.33. The van der Waals surface area contributed by atoms with E-state index in [1.807, 2.05) is 0 Å². The summed E-state index contributed by atoms with van der Waals surface area (Å²) in [5.41, 5.74) is 5.19. The number of nitrogens with zero attached hydrogens (tertiary/aromatic N) is 2. The number of hydrogen-bond acceptors (Lipinski definition) is 4. The van der Waals surface area contributed by atoms with Crippen LogP contribution < -0.4 is 10.5 Å². The van der Waals surface area contributed by atoms with Crippen LogP contribution in [0.3, 0.4) is 0 Å². The van der Waals surface area contributed by atoms with Crippen molar-refractivity contribution in [2.75, 3.05) is 6.61 Å². The van der Waals surface area contributed by atoms with Crippen molar-refractivity contribution < 1.29 is 44.7 Å². The van der Waals surface area contributed by atoms with Crippen LogP contribution in [0.25, 0.3) is 22.5 Å². The number of benzene rings is 2. The number of hydrogen-bond donors (Lipinski definition) is 2. The zero-order valence-corrected chi connectivity index (χ0v) is 16.1. The lowest BCUT2D eigenvalue weighted by Gasteiger charge is -2.28. The number of amides is 1. The number of halogens is 8. The fourth-order valence-electron chi connectivity index (χ4n) is 2.65. The lowest BCUT2D eigenvalue weighted by molar-refractivity contribution is -0.358. The molecular weight excluding hydrogens is 468 g/mol. The Morgan fingerprint density at radius 3 is 2.27 bits per heavy atom. The molecule has 1 amide bonds. The van der Waals surface area contributed by atoms with Crippen molar-refractivity contribution in [2.45, 2.75) is 18.0 Å². The van der Waals surface area contributed by atoms with E-state index in [2.05, 4.69) is 19.9 Å². The van der Waals surface area contributed by atoms with E-state index in [1.165, 1.54) is 24.3 Å². The van der Waals surface area contributed by atoms with Gasteiger partial charge in [-0.1, -0.05) is 18.2 Å². The van der Waals surface area contributed by atoms with Crippen molar-refractivity contribution in [3.05, 3.63) is 54.1 Å². The average molecular weight is 480 g/mol. The normalized spacial score (nSPS) is 12.6. The molecule has 2 aromatic carbocycles. The van der Waals surface area contributed by atoms with Gasteiger partial charge in [-0.2, -0.15) is 35.8 Å². The smallest absolute Gasteiger partial charge is 0.460 e. The van der Waals surface area contributed by atoms with E-state index >= 15 is 0 Å². The first-order valence-corrected chi connectivity index (χ1v) is 8.80. The van der Waals surface area contributed by atoms with Gasteiger partial charge in [-0.25, -0.2) is 9.37 Å². The highest BCUT2D eigenvalue weighted by Crippen LogP contribution is 2.47. The zero-order chi connectivity index (χ0) is 24.6. The third-order valence-electron chi connectivity index (χ3n) is 4.32. The van der Waals surface area contributed by atoms with E-state index in [0.717, 1.165) is 18.2 Å². The van der Waals surface area contributed by atoms with Gasteiger partial charge in [0.15, 0.2) is 12.4 Å². The number of nitrogens with one attached hydrogen (secondary N) is 1. The molecule has 1 heterocycles. The fourth-order valence-corrected chi connectivity index (χ4v) is 2.65. The first kappa shape index (κ1) is 23.9. The quantitative estimate of drug-likeness (QED) is 0.484. The highest BCUT2D eigenvalue weighted by molar-refractivity contribution is 5.89. The number of primary amides is 1. The maximum atomic E-state index is 13.8. The molecule has 0 spiro atoms. The molecule has 176 valence electrons. The minimum absolute atomic E-state index is 0.0131. The summed E-state index contributed by atoms with van der Waals surface area (Å²) in [6, 6.07) is 7.91. The number of aromatic amines is 1. The summed E-state index contributed by atoms with van der Waals surface area (Å²) < 4.78 is 109. The first-order chi connectivity index (χ1) is 15.2. The van der Waals surface area contributed by atoms with Gasteiger partial charge in [-0.15, -0.1) is 0 Å². The van der Waals surface area contributed by atoms with Gasteiger partial charge in [0.05, 0.1) is 0 Å². The number of rotatable bonds is 7.